The van der Waals surface area contributed by atoms with Gasteiger partial charge in [0.15, 0.2) is 0 Å². The molecule has 100 valence electrons. The van der Waals surface area contributed by atoms with Gasteiger partial charge in [-0.3, -0.25) is 4.79 Å². The molecule has 0 aliphatic rings. The maximum atomic E-state index is 13.4. The van der Waals surface area contributed by atoms with Crippen molar-refractivity contribution in [1.82, 2.24) is 10.2 Å². The predicted octanol–water partition coefficient (Wildman–Crippen LogP) is 3.31. The topological polar surface area (TPSA) is 45.8 Å². The molecule has 0 unspecified atom stereocenters. The summed E-state index contributed by atoms with van der Waals surface area (Å²) < 4.78 is 13.4. The molecule has 0 aliphatic heterocycles. The average Bonchev–Trinajstić information content (AvgIpc) is 2.46. The van der Waals surface area contributed by atoms with Gasteiger partial charge in [0.05, 0.1) is 16.1 Å². The maximum absolute atomic E-state index is 13.4. The van der Waals surface area contributed by atoms with E-state index < -0.39 is 5.82 Å². The van der Waals surface area contributed by atoms with Crippen LogP contribution in [0.15, 0.2) is 47.3 Å². The van der Waals surface area contributed by atoms with Crippen molar-refractivity contribution in [3.63, 3.8) is 0 Å². The third kappa shape index (κ3) is 2.30. The number of benzene rings is 2. The number of nitrogens with one attached hydrogen (secondary N) is 1. The van der Waals surface area contributed by atoms with Crippen LogP contribution >= 0.6 is 11.6 Å². The summed E-state index contributed by atoms with van der Waals surface area (Å²) in [6, 6.07) is 11.8. The van der Waals surface area contributed by atoms with E-state index in [0.717, 1.165) is 10.9 Å². The normalized spacial score (nSPS) is 10.9. The zero-order valence-corrected chi connectivity index (χ0v) is 11.1. The van der Waals surface area contributed by atoms with Crippen molar-refractivity contribution in [3.05, 3.63) is 74.9 Å². The number of rotatable bonds is 2. The van der Waals surface area contributed by atoms with Crippen LogP contribution in [0.3, 0.4) is 0 Å². The molecule has 0 spiro atoms. The van der Waals surface area contributed by atoms with Crippen molar-refractivity contribution >= 4 is 22.4 Å². The molecule has 0 radical (unpaired) electrons. The van der Waals surface area contributed by atoms with E-state index in [1.807, 2.05) is 12.1 Å². The van der Waals surface area contributed by atoms with Crippen LogP contribution in [0.25, 0.3) is 10.8 Å². The van der Waals surface area contributed by atoms with Crippen LogP contribution in [-0.2, 0) is 6.42 Å². The first kappa shape index (κ1) is 12.8. The third-order valence-electron chi connectivity index (χ3n) is 3.13. The summed E-state index contributed by atoms with van der Waals surface area (Å²) >= 11 is 5.66. The van der Waals surface area contributed by atoms with E-state index in [9.17, 15) is 9.18 Å². The van der Waals surface area contributed by atoms with Gasteiger partial charge in [0.2, 0.25) is 0 Å². The molecule has 1 N–H and O–H groups in total. The molecule has 0 bridgehead atoms. The van der Waals surface area contributed by atoms with Crippen LogP contribution in [0, 0.1) is 5.82 Å². The number of fused-ring (bicyclic) bond motifs is 1. The molecule has 1 heterocycles. The van der Waals surface area contributed by atoms with Gasteiger partial charge in [0.1, 0.15) is 5.82 Å². The molecular formula is C15H10ClFN2O. The smallest absolute Gasteiger partial charge is 0.267 e. The molecule has 5 heteroatoms. The maximum Gasteiger partial charge on any atom is 0.272 e. The summed E-state index contributed by atoms with van der Waals surface area (Å²) in [4.78, 5) is 11.7. The highest BCUT2D eigenvalue weighted by molar-refractivity contribution is 6.30. The van der Waals surface area contributed by atoms with E-state index >= 15 is 0 Å². The molecule has 3 rings (SSSR count). The van der Waals surface area contributed by atoms with E-state index in [0.29, 0.717) is 17.5 Å². The Labute approximate surface area is 119 Å². The summed E-state index contributed by atoms with van der Waals surface area (Å²) in [7, 11) is 0. The summed E-state index contributed by atoms with van der Waals surface area (Å²) in [5.74, 6) is -0.460. The van der Waals surface area contributed by atoms with Gasteiger partial charge in [-0.2, -0.15) is 5.10 Å². The van der Waals surface area contributed by atoms with Crippen molar-refractivity contribution in [2.75, 3.05) is 0 Å². The van der Waals surface area contributed by atoms with Crippen molar-refractivity contribution in [2.45, 2.75) is 6.42 Å². The molecule has 2 aromatic carbocycles. The van der Waals surface area contributed by atoms with Crippen molar-refractivity contribution < 1.29 is 4.39 Å². The van der Waals surface area contributed by atoms with Gasteiger partial charge in [-0.15, -0.1) is 0 Å². The SMILES string of the molecule is O=c1[nH]nc(Cc2ccc(Cl)c(F)c2)c2ccccc12. The van der Waals surface area contributed by atoms with E-state index in [1.54, 1.807) is 18.2 Å². The zero-order valence-electron chi connectivity index (χ0n) is 10.4. The van der Waals surface area contributed by atoms with Crippen LogP contribution in [-0.4, -0.2) is 10.2 Å². The number of aromatic amines is 1. The lowest BCUT2D eigenvalue weighted by atomic mass is 10.0. The highest BCUT2D eigenvalue weighted by atomic mass is 35.5. The van der Waals surface area contributed by atoms with Crippen LogP contribution in [0.5, 0.6) is 0 Å². The third-order valence-corrected chi connectivity index (χ3v) is 3.44. The fraction of sp³-hybridized carbons (Fsp3) is 0.0667. The van der Waals surface area contributed by atoms with Gasteiger partial charge >= 0.3 is 0 Å². The number of hydrogen-bond acceptors (Lipinski definition) is 2. The van der Waals surface area contributed by atoms with Crippen LogP contribution in [0.4, 0.5) is 4.39 Å². The second-order valence-corrected chi connectivity index (χ2v) is 4.88. The van der Waals surface area contributed by atoms with Crippen molar-refractivity contribution in [3.8, 4) is 0 Å². The molecule has 0 fully saturated rings. The Morgan fingerprint density at radius 2 is 1.90 bits per heavy atom. The van der Waals surface area contributed by atoms with E-state index in [1.165, 1.54) is 12.1 Å². The fourth-order valence-electron chi connectivity index (χ4n) is 2.15. The molecule has 3 aromatic rings. The molecule has 0 saturated carbocycles. The largest absolute Gasteiger partial charge is 0.272 e. The second-order valence-electron chi connectivity index (χ2n) is 4.47. The summed E-state index contributed by atoms with van der Waals surface area (Å²) in [6.45, 7) is 0. The van der Waals surface area contributed by atoms with Gasteiger partial charge < -0.3 is 0 Å². The first-order valence-electron chi connectivity index (χ1n) is 6.05. The molecule has 0 aliphatic carbocycles. The summed E-state index contributed by atoms with van der Waals surface area (Å²) in [5, 5.41) is 7.96. The molecular weight excluding hydrogens is 279 g/mol. The van der Waals surface area contributed by atoms with Crippen molar-refractivity contribution in [1.29, 1.82) is 0 Å². The van der Waals surface area contributed by atoms with Gasteiger partial charge in [-0.05, 0) is 23.8 Å². The van der Waals surface area contributed by atoms with Gasteiger partial charge in [0, 0.05) is 11.8 Å². The molecule has 3 nitrogen and oxygen atoms in total. The van der Waals surface area contributed by atoms with Crippen LogP contribution in [0.2, 0.25) is 5.02 Å². The Morgan fingerprint density at radius 1 is 1.15 bits per heavy atom. The Morgan fingerprint density at radius 3 is 2.65 bits per heavy atom. The van der Waals surface area contributed by atoms with Gasteiger partial charge in [-0.25, -0.2) is 9.49 Å². The zero-order chi connectivity index (χ0) is 14.1. The van der Waals surface area contributed by atoms with E-state index in [4.69, 9.17) is 11.6 Å². The molecule has 0 atom stereocenters. The Kier molecular flexibility index (Phi) is 3.24. The number of H-pyrrole nitrogens is 1. The number of aromatic nitrogens is 2. The molecule has 0 amide bonds. The monoisotopic (exact) mass is 288 g/mol. The molecule has 1 aromatic heterocycles. The van der Waals surface area contributed by atoms with E-state index in [-0.39, 0.29) is 10.6 Å². The van der Waals surface area contributed by atoms with Gasteiger partial charge in [-0.1, -0.05) is 35.9 Å². The highest BCUT2D eigenvalue weighted by Gasteiger charge is 2.08. The van der Waals surface area contributed by atoms with Gasteiger partial charge in [0.25, 0.3) is 5.56 Å². The lowest BCUT2D eigenvalue weighted by molar-refractivity contribution is 0.626. The highest BCUT2D eigenvalue weighted by Crippen LogP contribution is 2.20. The Balaban J connectivity index is 2.09. The van der Waals surface area contributed by atoms with Crippen LogP contribution < -0.4 is 5.56 Å². The Hall–Kier alpha value is -2.20. The molecule has 20 heavy (non-hydrogen) atoms. The lowest BCUT2D eigenvalue weighted by Crippen LogP contribution is -2.11. The summed E-state index contributed by atoms with van der Waals surface area (Å²) in [6.07, 6.45) is 0.422. The lowest BCUT2D eigenvalue weighted by Gasteiger charge is -2.05. The fourth-order valence-corrected chi connectivity index (χ4v) is 2.27. The minimum Gasteiger partial charge on any atom is -0.267 e. The Bertz CT molecular complexity index is 845. The summed E-state index contributed by atoms with van der Waals surface area (Å²) in [5.41, 5.74) is 1.21. The predicted molar refractivity (Wildman–Crippen MR) is 76.6 cm³/mol. The molecule has 0 saturated heterocycles. The first-order chi connectivity index (χ1) is 9.65. The van der Waals surface area contributed by atoms with Crippen LogP contribution in [0.1, 0.15) is 11.3 Å². The quantitative estimate of drug-likeness (QED) is 0.786. The van der Waals surface area contributed by atoms with E-state index in [2.05, 4.69) is 10.2 Å². The average molecular weight is 289 g/mol. The minimum atomic E-state index is -0.460. The number of nitrogens with zero attached hydrogens (tertiary/aromatic N) is 1. The minimum absolute atomic E-state index is 0.0908. The standard InChI is InChI=1S/C15H10ClFN2O/c16-12-6-5-9(7-13(12)17)8-14-10-3-1-2-4-11(10)15(20)19-18-14/h1-7H,8H2,(H,19,20). The second kappa shape index (κ2) is 5.06. The van der Waals surface area contributed by atoms with Crippen molar-refractivity contribution in [2.24, 2.45) is 0 Å². The number of hydrogen-bond donors (Lipinski definition) is 1. The first-order valence-corrected chi connectivity index (χ1v) is 6.43. The number of halogens is 2.